The van der Waals surface area contributed by atoms with E-state index in [4.69, 9.17) is 5.14 Å². The number of aryl methyl sites for hydroxylation is 1. The van der Waals surface area contributed by atoms with Crippen molar-refractivity contribution in [3.63, 3.8) is 0 Å². The molecule has 1 aromatic heterocycles. The first-order valence-corrected chi connectivity index (χ1v) is 4.75. The molecule has 1 rings (SSSR count). The SMILES string of the molecule is CCn1ncc(F)c1S(N)(=O)=O. The van der Waals surface area contributed by atoms with Gasteiger partial charge >= 0.3 is 0 Å². The van der Waals surface area contributed by atoms with E-state index < -0.39 is 20.9 Å². The summed E-state index contributed by atoms with van der Waals surface area (Å²) in [6.45, 7) is 1.90. The van der Waals surface area contributed by atoms with Crippen LogP contribution in [0.2, 0.25) is 0 Å². The zero-order valence-electron chi connectivity index (χ0n) is 6.36. The summed E-state index contributed by atoms with van der Waals surface area (Å²) in [5, 5.41) is 7.67. The van der Waals surface area contributed by atoms with Crippen LogP contribution in [0.3, 0.4) is 0 Å². The van der Waals surface area contributed by atoms with Crippen LogP contribution in [0, 0.1) is 5.82 Å². The maximum atomic E-state index is 12.8. The summed E-state index contributed by atoms with van der Waals surface area (Å²) < 4.78 is 35.3. The Bertz CT molecular complexity index is 383. The second kappa shape index (κ2) is 2.83. The van der Waals surface area contributed by atoms with Gasteiger partial charge in [-0.2, -0.15) is 5.10 Å². The number of nitrogens with zero attached hydrogens (tertiary/aromatic N) is 2. The molecule has 0 spiro atoms. The molecule has 0 saturated heterocycles. The number of halogens is 1. The second-order valence-corrected chi connectivity index (χ2v) is 3.64. The topological polar surface area (TPSA) is 78.0 Å². The smallest absolute Gasteiger partial charge is 0.251 e. The monoisotopic (exact) mass is 193 g/mol. The van der Waals surface area contributed by atoms with Crippen LogP contribution in [0.5, 0.6) is 0 Å². The number of primary sulfonamides is 1. The lowest BCUT2D eigenvalue weighted by Gasteiger charge is -2.00. The lowest BCUT2D eigenvalue weighted by Crippen LogP contribution is -2.18. The predicted molar refractivity (Wildman–Crippen MR) is 39.2 cm³/mol. The Labute approximate surface area is 69.0 Å². The van der Waals surface area contributed by atoms with Crippen LogP contribution < -0.4 is 5.14 Å². The van der Waals surface area contributed by atoms with Gasteiger partial charge < -0.3 is 0 Å². The van der Waals surface area contributed by atoms with Gasteiger partial charge in [0.15, 0.2) is 5.82 Å². The third-order valence-electron chi connectivity index (χ3n) is 1.32. The standard InChI is InChI=1S/C5H8FN3O2S/c1-2-9-5(12(7,10)11)4(6)3-8-9/h3H,2H2,1H3,(H2,7,10,11). The van der Waals surface area contributed by atoms with Crippen molar-refractivity contribution in [3.05, 3.63) is 12.0 Å². The molecule has 68 valence electrons. The molecular weight excluding hydrogens is 185 g/mol. The maximum Gasteiger partial charge on any atom is 0.258 e. The molecule has 0 aliphatic rings. The van der Waals surface area contributed by atoms with Crippen molar-refractivity contribution in [2.24, 2.45) is 5.14 Å². The number of aromatic nitrogens is 2. The van der Waals surface area contributed by atoms with Gasteiger partial charge in [0.1, 0.15) is 0 Å². The molecule has 0 radical (unpaired) electrons. The number of hydrogen-bond acceptors (Lipinski definition) is 3. The minimum atomic E-state index is -4.01. The van der Waals surface area contributed by atoms with Crippen LogP contribution in [0.1, 0.15) is 6.92 Å². The Morgan fingerprint density at radius 2 is 2.33 bits per heavy atom. The molecule has 0 unspecified atom stereocenters. The zero-order chi connectivity index (χ0) is 9.35. The van der Waals surface area contributed by atoms with E-state index in [0.717, 1.165) is 10.9 Å². The van der Waals surface area contributed by atoms with Crippen molar-refractivity contribution >= 4 is 10.0 Å². The van der Waals surface area contributed by atoms with Crippen LogP contribution in [0.4, 0.5) is 4.39 Å². The molecule has 0 aliphatic carbocycles. The third-order valence-corrected chi connectivity index (χ3v) is 2.26. The third kappa shape index (κ3) is 1.46. The summed E-state index contributed by atoms with van der Waals surface area (Å²) in [6.07, 6.45) is 0.823. The molecule has 1 aromatic rings. The van der Waals surface area contributed by atoms with Crippen molar-refractivity contribution in [1.82, 2.24) is 9.78 Å². The van der Waals surface area contributed by atoms with Crippen LogP contribution >= 0.6 is 0 Å². The first-order chi connectivity index (χ1) is 5.46. The van der Waals surface area contributed by atoms with Gasteiger partial charge in [0.2, 0.25) is 5.03 Å². The summed E-state index contributed by atoms with van der Waals surface area (Å²) in [7, 11) is -4.01. The van der Waals surface area contributed by atoms with Crippen LogP contribution in [0.15, 0.2) is 11.2 Å². The minimum Gasteiger partial charge on any atom is -0.251 e. The first kappa shape index (κ1) is 9.14. The molecule has 0 bridgehead atoms. The van der Waals surface area contributed by atoms with Crippen molar-refractivity contribution in [1.29, 1.82) is 0 Å². The molecule has 12 heavy (non-hydrogen) atoms. The molecule has 2 N–H and O–H groups in total. The molecule has 0 aromatic carbocycles. The minimum absolute atomic E-state index is 0.260. The zero-order valence-corrected chi connectivity index (χ0v) is 7.18. The van der Waals surface area contributed by atoms with E-state index >= 15 is 0 Å². The number of hydrogen-bond donors (Lipinski definition) is 1. The van der Waals surface area contributed by atoms with Gasteiger partial charge in [-0.1, -0.05) is 0 Å². The van der Waals surface area contributed by atoms with Gasteiger partial charge in [-0.05, 0) is 6.92 Å². The van der Waals surface area contributed by atoms with Crippen molar-refractivity contribution in [2.45, 2.75) is 18.5 Å². The van der Waals surface area contributed by atoms with Crippen molar-refractivity contribution in [2.75, 3.05) is 0 Å². The van der Waals surface area contributed by atoms with Gasteiger partial charge in [0, 0.05) is 6.54 Å². The van der Waals surface area contributed by atoms with E-state index in [1.54, 1.807) is 6.92 Å². The van der Waals surface area contributed by atoms with Crippen molar-refractivity contribution < 1.29 is 12.8 Å². The normalized spacial score (nSPS) is 11.9. The number of rotatable bonds is 2. The first-order valence-electron chi connectivity index (χ1n) is 3.21. The van der Waals surface area contributed by atoms with Gasteiger partial charge in [-0.15, -0.1) is 0 Å². The fourth-order valence-electron chi connectivity index (χ4n) is 0.859. The molecular formula is C5H8FN3O2S. The Morgan fingerprint density at radius 3 is 2.67 bits per heavy atom. The number of nitrogens with two attached hydrogens (primary N) is 1. The fourth-order valence-corrected chi connectivity index (χ4v) is 1.65. The molecule has 0 fully saturated rings. The van der Waals surface area contributed by atoms with E-state index in [2.05, 4.69) is 5.10 Å². The molecule has 5 nitrogen and oxygen atoms in total. The van der Waals surface area contributed by atoms with Crippen LogP contribution in [-0.2, 0) is 16.6 Å². The maximum absolute atomic E-state index is 12.8. The molecule has 0 aliphatic heterocycles. The highest BCUT2D eigenvalue weighted by Gasteiger charge is 2.20. The average Bonchev–Trinajstić information content (AvgIpc) is 2.29. The molecule has 1 heterocycles. The molecule has 7 heteroatoms. The van der Waals surface area contributed by atoms with E-state index in [1.807, 2.05) is 0 Å². The summed E-state index contributed by atoms with van der Waals surface area (Å²) in [6, 6.07) is 0. The number of sulfonamides is 1. The Hall–Kier alpha value is -0.950. The lowest BCUT2D eigenvalue weighted by atomic mass is 10.7. The fraction of sp³-hybridized carbons (Fsp3) is 0.400. The van der Waals surface area contributed by atoms with Crippen molar-refractivity contribution in [3.8, 4) is 0 Å². The Morgan fingerprint density at radius 1 is 1.75 bits per heavy atom. The highest BCUT2D eigenvalue weighted by Crippen LogP contribution is 2.10. The van der Waals surface area contributed by atoms with Gasteiger partial charge in [-0.25, -0.2) is 17.9 Å². The summed E-state index contributed by atoms with van der Waals surface area (Å²) in [4.78, 5) is 0. The Kier molecular flexibility index (Phi) is 2.16. The average molecular weight is 193 g/mol. The highest BCUT2D eigenvalue weighted by atomic mass is 32.2. The van der Waals surface area contributed by atoms with E-state index in [-0.39, 0.29) is 6.54 Å². The second-order valence-electron chi connectivity index (χ2n) is 2.16. The quantitative estimate of drug-likeness (QED) is 0.699. The highest BCUT2D eigenvalue weighted by molar-refractivity contribution is 7.89. The van der Waals surface area contributed by atoms with Gasteiger partial charge in [0.25, 0.3) is 10.0 Å². The lowest BCUT2D eigenvalue weighted by molar-refractivity contribution is 0.519. The molecule has 0 saturated carbocycles. The van der Waals surface area contributed by atoms with Gasteiger partial charge in [0.05, 0.1) is 6.20 Å². The van der Waals surface area contributed by atoms with Gasteiger partial charge in [-0.3, -0.25) is 4.68 Å². The van der Waals surface area contributed by atoms with E-state index in [9.17, 15) is 12.8 Å². The predicted octanol–water partition coefficient (Wildman–Crippen LogP) is -0.310. The van der Waals surface area contributed by atoms with Crippen LogP contribution in [0.25, 0.3) is 0 Å². The van der Waals surface area contributed by atoms with E-state index in [1.165, 1.54) is 0 Å². The van der Waals surface area contributed by atoms with E-state index in [0.29, 0.717) is 0 Å². The molecule has 0 atom stereocenters. The Balaban J connectivity index is 3.39. The van der Waals surface area contributed by atoms with Crippen LogP contribution in [-0.4, -0.2) is 18.2 Å². The largest absolute Gasteiger partial charge is 0.258 e. The summed E-state index contributed by atoms with van der Waals surface area (Å²) in [5.74, 6) is -0.917. The summed E-state index contributed by atoms with van der Waals surface area (Å²) >= 11 is 0. The summed E-state index contributed by atoms with van der Waals surface area (Å²) in [5.41, 5.74) is 0. The molecule has 0 amide bonds.